The van der Waals surface area contributed by atoms with Crippen LogP contribution in [0.2, 0.25) is 0 Å². The predicted octanol–water partition coefficient (Wildman–Crippen LogP) is -0.352. The van der Waals surface area contributed by atoms with E-state index in [2.05, 4.69) is 5.73 Å². The van der Waals surface area contributed by atoms with Gasteiger partial charge < -0.3 is 10.8 Å². The fourth-order valence-electron chi connectivity index (χ4n) is 0. The predicted molar refractivity (Wildman–Crippen MR) is 32.1 cm³/mol. The van der Waals surface area contributed by atoms with Gasteiger partial charge in [-0.05, 0) is 0 Å². The summed E-state index contributed by atoms with van der Waals surface area (Å²) in [7, 11) is 0. The highest BCUT2D eigenvalue weighted by Gasteiger charge is 1.81. The molecule has 0 atom stereocenters. The molecule has 0 radical (unpaired) electrons. The van der Waals surface area contributed by atoms with Gasteiger partial charge in [0.15, 0.2) is 0 Å². The van der Waals surface area contributed by atoms with E-state index in [4.69, 9.17) is 5.11 Å². The van der Waals surface area contributed by atoms with Gasteiger partial charge in [-0.15, -0.1) is 24.0 Å². The molecule has 0 fully saturated rings. The minimum absolute atomic E-state index is 0. The van der Waals surface area contributed by atoms with Crippen molar-refractivity contribution >= 4 is 29.9 Å². The number of halogens is 1. The first-order valence-electron chi connectivity index (χ1n) is 1.19. The zero-order valence-electron chi connectivity index (χ0n) is 3.05. The van der Waals surface area contributed by atoms with E-state index < -0.39 is 5.97 Å². The smallest absolute Gasteiger partial charge is 0.317 e. The third kappa shape index (κ3) is 8.90. The molecule has 0 saturated carbocycles. The summed E-state index contributed by atoms with van der Waals surface area (Å²) in [6, 6.07) is 0. The third-order valence-corrected chi connectivity index (χ3v) is 0.175. The Morgan fingerprint density at radius 1 is 1.83 bits per heavy atom. The zero-order chi connectivity index (χ0) is 4.28. The van der Waals surface area contributed by atoms with E-state index in [0.29, 0.717) is 0 Å². The van der Waals surface area contributed by atoms with Crippen molar-refractivity contribution in [3.8, 4) is 0 Å². The maximum Gasteiger partial charge on any atom is 0.317 e. The van der Waals surface area contributed by atoms with Crippen molar-refractivity contribution in [1.82, 2.24) is 0 Å². The second kappa shape index (κ2) is 5.16. The summed E-state index contributed by atoms with van der Waals surface area (Å²) in [6.45, 7) is -0.278. The Morgan fingerprint density at radius 2 is 2.00 bits per heavy atom. The van der Waals surface area contributed by atoms with Crippen molar-refractivity contribution in [2.24, 2.45) is 5.73 Å². The Balaban J connectivity index is 0. The van der Waals surface area contributed by atoms with Gasteiger partial charge >= 0.3 is 5.97 Å². The van der Waals surface area contributed by atoms with E-state index in [-0.39, 0.29) is 30.5 Å². The minimum atomic E-state index is -0.968. The highest BCUT2D eigenvalue weighted by atomic mass is 127. The molecular formula is C2H6INO2. The molecule has 0 heterocycles. The van der Waals surface area contributed by atoms with Crippen LogP contribution in [-0.2, 0) is 4.79 Å². The zero-order valence-corrected chi connectivity index (χ0v) is 5.38. The van der Waals surface area contributed by atoms with Gasteiger partial charge in [0.25, 0.3) is 0 Å². The summed E-state index contributed by atoms with van der Waals surface area (Å²) >= 11 is 0. The molecule has 38 valence electrons. The van der Waals surface area contributed by atoms with E-state index >= 15 is 0 Å². The molecule has 3 N–H and O–H groups in total. The summed E-state index contributed by atoms with van der Waals surface area (Å²) in [4.78, 5) is 9.24. The molecule has 0 amide bonds. The highest BCUT2D eigenvalue weighted by Crippen LogP contribution is 1.43. The Labute approximate surface area is 52.5 Å². The van der Waals surface area contributed by atoms with E-state index in [1.165, 1.54) is 0 Å². The minimum Gasteiger partial charge on any atom is -0.480 e. The van der Waals surface area contributed by atoms with Crippen molar-refractivity contribution in [1.29, 1.82) is 0 Å². The standard InChI is InChI=1S/C2H5NO2.HI/c3-1-2(4)5;/h1,3H2,(H,4,5);1H. The van der Waals surface area contributed by atoms with Crippen LogP contribution in [0.5, 0.6) is 0 Å². The van der Waals surface area contributed by atoms with E-state index in [0.717, 1.165) is 0 Å². The summed E-state index contributed by atoms with van der Waals surface area (Å²) in [5.74, 6) is -0.968. The Hall–Kier alpha value is 0.160. The van der Waals surface area contributed by atoms with Gasteiger partial charge in [-0.25, -0.2) is 0 Å². The molecule has 0 rings (SSSR count). The van der Waals surface area contributed by atoms with Gasteiger partial charge in [0.05, 0.1) is 6.54 Å². The summed E-state index contributed by atoms with van der Waals surface area (Å²) in [5, 5.41) is 7.60. The van der Waals surface area contributed by atoms with Crippen LogP contribution in [-0.4, -0.2) is 17.6 Å². The second-order valence-corrected chi connectivity index (χ2v) is 0.598. The maximum absolute atomic E-state index is 9.24. The van der Waals surface area contributed by atoms with Crippen LogP contribution in [0.1, 0.15) is 0 Å². The summed E-state index contributed by atoms with van der Waals surface area (Å²) in [6.07, 6.45) is 0. The first-order chi connectivity index (χ1) is 2.27. The molecule has 0 aliphatic carbocycles. The molecule has 0 aliphatic heterocycles. The van der Waals surface area contributed by atoms with Crippen LogP contribution < -0.4 is 5.73 Å². The lowest BCUT2D eigenvalue weighted by molar-refractivity contribution is -0.135. The normalized spacial score (nSPS) is 6.17. The number of carboxylic acids is 1. The lowest BCUT2D eigenvalue weighted by atomic mass is 10.7. The number of nitrogens with two attached hydrogens (primary N) is 1. The Bertz CT molecular complexity index is 46.8. The lowest BCUT2D eigenvalue weighted by Gasteiger charge is -1.73. The van der Waals surface area contributed by atoms with Crippen molar-refractivity contribution in [2.75, 3.05) is 6.54 Å². The molecule has 6 heavy (non-hydrogen) atoms. The fraction of sp³-hybridized carbons (Fsp3) is 0.500. The summed E-state index contributed by atoms with van der Waals surface area (Å²) in [5.41, 5.74) is 4.57. The van der Waals surface area contributed by atoms with E-state index in [1.54, 1.807) is 0 Å². The molecule has 0 spiro atoms. The molecule has 0 unspecified atom stereocenters. The Morgan fingerprint density at radius 3 is 2.00 bits per heavy atom. The number of aliphatic carboxylic acids is 1. The average molecular weight is 203 g/mol. The van der Waals surface area contributed by atoms with Gasteiger partial charge in [0, 0.05) is 0 Å². The van der Waals surface area contributed by atoms with Gasteiger partial charge in [-0.1, -0.05) is 0 Å². The molecule has 0 aromatic rings. The largest absolute Gasteiger partial charge is 0.480 e. The van der Waals surface area contributed by atoms with Gasteiger partial charge in [-0.3, -0.25) is 4.79 Å². The van der Waals surface area contributed by atoms with Crippen molar-refractivity contribution < 1.29 is 9.90 Å². The molecule has 0 saturated heterocycles. The quantitative estimate of drug-likeness (QED) is 0.572. The van der Waals surface area contributed by atoms with Crippen LogP contribution in [0.25, 0.3) is 0 Å². The molecule has 0 aromatic heterocycles. The van der Waals surface area contributed by atoms with Crippen LogP contribution in [0.3, 0.4) is 0 Å². The van der Waals surface area contributed by atoms with E-state index in [9.17, 15) is 4.79 Å². The Kier molecular flexibility index (Phi) is 8.15. The van der Waals surface area contributed by atoms with Crippen LogP contribution in [0.4, 0.5) is 0 Å². The van der Waals surface area contributed by atoms with E-state index in [1.807, 2.05) is 0 Å². The maximum atomic E-state index is 9.24. The van der Waals surface area contributed by atoms with Crippen LogP contribution >= 0.6 is 24.0 Å². The molecule has 3 nitrogen and oxygen atoms in total. The highest BCUT2D eigenvalue weighted by molar-refractivity contribution is 14.0. The number of hydrogen-bond donors (Lipinski definition) is 2. The number of hydrogen-bond acceptors (Lipinski definition) is 2. The monoisotopic (exact) mass is 203 g/mol. The van der Waals surface area contributed by atoms with Crippen LogP contribution in [0, 0.1) is 0 Å². The average Bonchev–Trinajstić information content (AvgIpc) is 1.38. The molecule has 0 aliphatic rings. The molecule has 0 aromatic carbocycles. The van der Waals surface area contributed by atoms with Gasteiger partial charge in [-0.2, -0.15) is 0 Å². The third-order valence-electron chi connectivity index (χ3n) is 0.175. The second-order valence-electron chi connectivity index (χ2n) is 0.598. The van der Waals surface area contributed by atoms with Crippen molar-refractivity contribution in [3.63, 3.8) is 0 Å². The lowest BCUT2D eigenvalue weighted by Crippen LogP contribution is -2.10. The van der Waals surface area contributed by atoms with Crippen LogP contribution in [0.15, 0.2) is 0 Å². The van der Waals surface area contributed by atoms with Gasteiger partial charge in [0.2, 0.25) is 0 Å². The molecule has 0 bridgehead atoms. The van der Waals surface area contributed by atoms with Crippen molar-refractivity contribution in [3.05, 3.63) is 0 Å². The number of rotatable bonds is 1. The molecular weight excluding hydrogens is 197 g/mol. The van der Waals surface area contributed by atoms with Crippen molar-refractivity contribution in [2.45, 2.75) is 0 Å². The first kappa shape index (κ1) is 9.48. The number of carbonyl (C=O) groups is 1. The fourth-order valence-corrected chi connectivity index (χ4v) is 0. The topological polar surface area (TPSA) is 63.3 Å². The summed E-state index contributed by atoms with van der Waals surface area (Å²) < 4.78 is 0. The van der Waals surface area contributed by atoms with Gasteiger partial charge in [0.1, 0.15) is 0 Å². The SMILES string of the molecule is I.NCC(=O)O. The molecule has 4 heteroatoms. The first-order valence-corrected chi connectivity index (χ1v) is 1.19. The number of carboxylic acid groups (broad SMARTS) is 1.